The number of ether oxygens (including phenoxy) is 2. The monoisotopic (exact) mass is 1270 g/mol. The number of hydrogen-bond acceptors (Lipinski definition) is 16. The Labute approximate surface area is 544 Å². The molecule has 3 heterocycles. The first-order chi connectivity index (χ1) is 44.0. The summed E-state index contributed by atoms with van der Waals surface area (Å²) < 4.78 is 14.9. The fourth-order valence-corrected chi connectivity index (χ4v) is 26.5. The van der Waals surface area contributed by atoms with Gasteiger partial charge in [0.1, 0.15) is 5.60 Å². The van der Waals surface area contributed by atoms with Gasteiger partial charge in [0.2, 0.25) is 0 Å². The Balaban J connectivity index is 0.990. The van der Waals surface area contributed by atoms with E-state index in [2.05, 4.69) is 59.3 Å². The molecule has 0 aromatic heterocycles. The van der Waals surface area contributed by atoms with Gasteiger partial charge in [0, 0.05) is 65.0 Å². The number of ketones is 1. The van der Waals surface area contributed by atoms with Crippen molar-refractivity contribution in [3.8, 4) is 0 Å². The minimum absolute atomic E-state index is 0.0174. The number of hydrogen-bond donors (Lipinski definition) is 13. The number of aliphatic hydroxyl groups excluding tert-OH is 5. The van der Waals surface area contributed by atoms with E-state index in [-0.39, 0.29) is 111 Å². The van der Waals surface area contributed by atoms with Gasteiger partial charge in [-0.05, 0) is 214 Å². The average molecular weight is 1270 g/mol. The van der Waals surface area contributed by atoms with Crippen molar-refractivity contribution in [3.05, 3.63) is 93.9 Å². The number of rotatable bonds is 13. The molecule has 2 saturated heterocycles. The number of Topliss-reactive ketones (excluding diaryl/α,β-unsaturated/α-hetero) is 1. The summed E-state index contributed by atoms with van der Waals surface area (Å²) in [4.78, 5) is 17.9. The van der Waals surface area contributed by atoms with Crippen molar-refractivity contribution in [2.75, 3.05) is 26.7 Å². The summed E-state index contributed by atoms with van der Waals surface area (Å²) in [5, 5.41) is 132. The van der Waals surface area contributed by atoms with Crippen molar-refractivity contribution in [2.45, 2.75) is 259 Å². The summed E-state index contributed by atoms with van der Waals surface area (Å²) in [6.45, 7) is 6.23. The van der Waals surface area contributed by atoms with Gasteiger partial charge in [-0.1, -0.05) is 86.8 Å². The summed E-state index contributed by atoms with van der Waals surface area (Å²) in [6.07, 6.45) is 27.6. The second-order valence-electron chi connectivity index (χ2n) is 33.7. The van der Waals surface area contributed by atoms with Gasteiger partial charge in [-0.2, -0.15) is 0 Å². The molecule has 18 rings (SSSR count). The van der Waals surface area contributed by atoms with Crippen LogP contribution < -0.4 is 21.7 Å². The number of fused-ring (bicyclic) bond motifs is 6. The molecule has 4 spiro atoms. The van der Waals surface area contributed by atoms with Gasteiger partial charge >= 0.3 is 0 Å². The van der Waals surface area contributed by atoms with Gasteiger partial charge < -0.3 is 77.1 Å². The quantitative estimate of drug-likeness (QED) is 0.0832. The van der Waals surface area contributed by atoms with Gasteiger partial charge in [0.05, 0.1) is 88.3 Å². The van der Waals surface area contributed by atoms with Gasteiger partial charge in [-0.3, -0.25) is 4.79 Å². The lowest BCUT2D eigenvalue weighted by Crippen LogP contribution is -2.80. The lowest BCUT2D eigenvalue weighted by atomic mass is 9.27. The summed E-state index contributed by atoms with van der Waals surface area (Å²) in [6, 6.07) is 0. The third-order valence-corrected chi connectivity index (χ3v) is 29.9. The molecule has 16 heteroatoms. The fraction of sp³-hybridized carbons (Fsp3) is 0.776. The lowest BCUT2D eigenvalue weighted by Gasteiger charge is -2.76. The molecule has 9 bridgehead atoms. The molecule has 15 aliphatic carbocycles. The van der Waals surface area contributed by atoms with Crippen LogP contribution in [-0.2, 0) is 14.3 Å². The molecule has 7 saturated carbocycles. The molecule has 0 aromatic rings. The van der Waals surface area contributed by atoms with Crippen molar-refractivity contribution in [2.24, 2.45) is 85.6 Å². The van der Waals surface area contributed by atoms with Crippen LogP contribution in [0.2, 0.25) is 0 Å². The van der Waals surface area contributed by atoms with Crippen LogP contribution in [0.15, 0.2) is 93.9 Å². The highest BCUT2D eigenvalue weighted by Crippen LogP contribution is 2.86. The Hall–Kier alpha value is -3.33. The fourth-order valence-electron chi connectivity index (χ4n) is 26.5. The number of allylic oxidation sites excluding steroid dienone is 10. The van der Waals surface area contributed by atoms with Crippen LogP contribution in [0.1, 0.15) is 181 Å². The molecule has 0 radical (unpaired) electrons. The smallest absolute Gasteiger partial charge is 0.189 e. The summed E-state index contributed by atoms with van der Waals surface area (Å²) >= 11 is 0. The number of aliphatic hydroxyl groups is 9. The molecule has 16 nitrogen and oxygen atoms in total. The van der Waals surface area contributed by atoms with Crippen molar-refractivity contribution >= 4 is 5.78 Å². The maximum Gasteiger partial charge on any atom is 0.189 e. The highest BCUT2D eigenvalue weighted by molar-refractivity contribution is 6.05. The number of nitrogens with one attached hydrogen (secondary N) is 3. The largest absolute Gasteiger partial charge is 0.396 e. The topological polar surface area (TPSA) is 280 Å². The van der Waals surface area contributed by atoms with Crippen molar-refractivity contribution in [1.82, 2.24) is 16.0 Å². The number of carbonyl (C=O) groups excluding carboxylic acids is 1. The molecule has 0 amide bonds. The first kappa shape index (κ1) is 63.4. The SMILES string of the molecule is CCC[C@@H]1CC[C@H]2[C@H]3[C@@H](O[C@@H]2CC1)[C@@](O)([C@](C)(O)[C@H]1CC[C@@]2(O)C4=C(NC[C@H](C)O)C(=O)[C@@]56/C=C/[C@H]7C8=C9C(=CC8)[C@H]8CCC[C@@H]8O[C@@H]9C[C@]8(CNC)CC[C@@H](C[C@H]78)[C@@]12C[C@]1(O)C=C[C@@]2(C7=C(CCCO)NC(N)C=C7)C=C[C@@]41[C@]5(C[C@H](O)[C@H](O)C6)C2)CCC[C@@H]3O. The van der Waals surface area contributed by atoms with E-state index in [4.69, 9.17) is 15.2 Å². The minimum atomic E-state index is -2.04. The molecule has 504 valence electrons. The number of carbonyl (C=O) groups is 1. The van der Waals surface area contributed by atoms with Crippen LogP contribution in [0.4, 0.5) is 0 Å². The first-order valence-electron chi connectivity index (χ1n) is 36.7. The van der Waals surface area contributed by atoms with Crippen LogP contribution in [-0.4, -0.2) is 156 Å². The lowest BCUT2D eigenvalue weighted by molar-refractivity contribution is -0.291. The molecule has 3 aliphatic heterocycles. The van der Waals surface area contributed by atoms with E-state index < -0.39 is 104 Å². The van der Waals surface area contributed by atoms with E-state index >= 15 is 15.0 Å². The number of nitrogens with two attached hydrogens (primary N) is 1. The van der Waals surface area contributed by atoms with Gasteiger partial charge in [-0.15, -0.1) is 0 Å². The molecule has 18 aliphatic rings. The van der Waals surface area contributed by atoms with Crippen molar-refractivity contribution < 1.29 is 60.2 Å². The third kappa shape index (κ3) is 8.13. The van der Waals surface area contributed by atoms with Crippen molar-refractivity contribution in [3.63, 3.8) is 0 Å². The van der Waals surface area contributed by atoms with Crippen LogP contribution in [0.5, 0.6) is 0 Å². The van der Waals surface area contributed by atoms with Crippen LogP contribution in [0.3, 0.4) is 0 Å². The van der Waals surface area contributed by atoms with Crippen LogP contribution in [0.25, 0.3) is 0 Å². The van der Waals surface area contributed by atoms with Gasteiger partial charge in [-0.25, -0.2) is 0 Å². The predicted molar refractivity (Wildman–Crippen MR) is 347 cm³/mol. The zero-order valence-corrected chi connectivity index (χ0v) is 55.1. The summed E-state index contributed by atoms with van der Waals surface area (Å²) in [5.41, 5.74) is -3.08. The minimum Gasteiger partial charge on any atom is -0.396 e. The molecular formula is C76H108N4O12. The highest BCUT2D eigenvalue weighted by Gasteiger charge is 2.88. The predicted octanol–water partition coefficient (Wildman–Crippen LogP) is 6.94. The third-order valence-electron chi connectivity index (χ3n) is 29.9. The van der Waals surface area contributed by atoms with E-state index in [1.54, 1.807) is 13.8 Å². The Bertz CT molecular complexity index is 3280. The highest BCUT2D eigenvalue weighted by atomic mass is 16.5. The van der Waals surface area contributed by atoms with Gasteiger partial charge in [0.25, 0.3) is 0 Å². The molecule has 0 aromatic carbocycles. The standard InChI is InChI=1S/C76H108N4O12/c1-5-9-43-14-16-49-57(20-15-43)92-66-62(49)53(83)12-7-25-76(66,90)67(3,87)59-24-28-75(89)64-63(79-38-42(2)82)65(86)70-27-23-45-47-17-18-48-46-10-6-13-56(46)91-58(61(47)48)37-69(41-78-4)26-22-44(34-51(45)69)73(59,75)40-72(88)31-29-68(50-19-21-60(77)80-52(50)11-8-33-81)30-32-74(64,72)71(70,39-68)36-55(85)54(84)35-70/h18-19,21,23,27,29-32,42-46,49,51,53-60,62,66,78-85,87-90H,5-17,20,22,24-26,28,33-41,77H2,1-4H3/b27-23+/t42-,43+,44-,45-,46+,49+,51+,53-,54+,55-,56-,57+,58+,59+,60?,62+,66+,67+,68+,69-,70-,71+,72+,73-,74-,75+,76+/m0/s1. The van der Waals surface area contributed by atoms with Crippen molar-refractivity contribution in [1.29, 1.82) is 0 Å². The van der Waals surface area contributed by atoms with Gasteiger partial charge in [0.15, 0.2) is 5.78 Å². The molecule has 1 unspecified atom stereocenters. The molecule has 14 N–H and O–H groups in total. The van der Waals surface area contributed by atoms with Crippen LogP contribution in [0, 0.1) is 79.8 Å². The van der Waals surface area contributed by atoms with E-state index in [0.717, 1.165) is 88.3 Å². The second-order valence-corrected chi connectivity index (χ2v) is 33.7. The molecule has 9 fully saturated rings. The first-order valence-corrected chi connectivity index (χ1v) is 36.7. The maximum atomic E-state index is 17.9. The van der Waals surface area contributed by atoms with Crippen LogP contribution >= 0.6 is 0 Å². The zero-order chi connectivity index (χ0) is 64.1. The average Bonchev–Trinajstić information content (AvgIpc) is 1.19. The van der Waals surface area contributed by atoms with E-state index in [1.165, 1.54) is 16.7 Å². The molecule has 27 atom stereocenters. The Morgan fingerprint density at radius 3 is 2.47 bits per heavy atom. The normalized spacial score (nSPS) is 52.0. The van der Waals surface area contributed by atoms with E-state index in [1.807, 2.05) is 25.3 Å². The Morgan fingerprint density at radius 2 is 1.67 bits per heavy atom. The van der Waals surface area contributed by atoms with E-state index in [9.17, 15) is 35.7 Å². The number of dihydropyridines is 1. The molecule has 92 heavy (non-hydrogen) atoms. The Kier molecular flexibility index (Phi) is 15.0. The summed E-state index contributed by atoms with van der Waals surface area (Å²) in [7, 11) is 2.04. The van der Waals surface area contributed by atoms with E-state index in [0.29, 0.717) is 62.5 Å². The molecular weight excluding hydrogens is 1160 g/mol. The summed E-state index contributed by atoms with van der Waals surface area (Å²) in [5.74, 6) is -1.73. The zero-order valence-electron chi connectivity index (χ0n) is 55.1. The maximum absolute atomic E-state index is 17.9. The Morgan fingerprint density at radius 1 is 0.870 bits per heavy atom. The second kappa shape index (κ2) is 21.8.